The molecule has 1 heterocycles. The second kappa shape index (κ2) is 5.10. The number of carbonyl (C=O) groups is 1. The summed E-state index contributed by atoms with van der Waals surface area (Å²) < 4.78 is 10.2. The third-order valence-electron chi connectivity index (χ3n) is 2.80. The van der Waals surface area contributed by atoms with E-state index in [-0.39, 0.29) is 12.5 Å². The summed E-state index contributed by atoms with van der Waals surface area (Å²) in [4.78, 5) is 14.8. The van der Waals surface area contributed by atoms with Crippen LogP contribution in [0.4, 0.5) is 0 Å². The van der Waals surface area contributed by atoms with Crippen molar-refractivity contribution in [2.24, 2.45) is 5.73 Å². The Labute approximate surface area is 105 Å². The van der Waals surface area contributed by atoms with Crippen LogP contribution < -0.4 is 10.5 Å². The SMILES string of the molecule is CCOC(=O)c1[nH]c2ccc(OC)cc2c1CN. The zero-order valence-electron chi connectivity index (χ0n) is 10.4. The van der Waals surface area contributed by atoms with Gasteiger partial charge in [-0.1, -0.05) is 0 Å². The summed E-state index contributed by atoms with van der Waals surface area (Å²) >= 11 is 0. The Bertz CT molecular complexity index is 575. The Morgan fingerprint density at radius 1 is 1.44 bits per heavy atom. The minimum absolute atomic E-state index is 0.265. The van der Waals surface area contributed by atoms with E-state index in [1.165, 1.54) is 0 Å². The molecule has 0 saturated heterocycles. The van der Waals surface area contributed by atoms with E-state index in [2.05, 4.69) is 4.98 Å². The molecule has 0 bridgehead atoms. The first-order valence-corrected chi connectivity index (χ1v) is 5.77. The van der Waals surface area contributed by atoms with Crippen molar-refractivity contribution >= 4 is 16.9 Å². The van der Waals surface area contributed by atoms with Crippen LogP contribution >= 0.6 is 0 Å². The van der Waals surface area contributed by atoms with Crippen molar-refractivity contribution in [3.63, 3.8) is 0 Å². The zero-order chi connectivity index (χ0) is 13.1. The van der Waals surface area contributed by atoms with E-state index >= 15 is 0 Å². The fourth-order valence-corrected chi connectivity index (χ4v) is 1.94. The zero-order valence-corrected chi connectivity index (χ0v) is 10.4. The van der Waals surface area contributed by atoms with Crippen LogP contribution in [0.2, 0.25) is 0 Å². The quantitative estimate of drug-likeness (QED) is 0.809. The van der Waals surface area contributed by atoms with Crippen LogP contribution in [0.5, 0.6) is 5.75 Å². The Morgan fingerprint density at radius 2 is 2.22 bits per heavy atom. The highest BCUT2D eigenvalue weighted by atomic mass is 16.5. The number of fused-ring (bicyclic) bond motifs is 1. The summed E-state index contributed by atoms with van der Waals surface area (Å²) in [5.74, 6) is 0.347. The molecule has 1 aromatic heterocycles. The summed E-state index contributed by atoms with van der Waals surface area (Å²) in [5.41, 5.74) is 7.74. The summed E-state index contributed by atoms with van der Waals surface area (Å²) in [7, 11) is 1.60. The molecule has 0 saturated carbocycles. The van der Waals surface area contributed by atoms with Gasteiger partial charge < -0.3 is 20.2 Å². The molecule has 5 nitrogen and oxygen atoms in total. The highest BCUT2D eigenvalue weighted by Gasteiger charge is 2.17. The van der Waals surface area contributed by atoms with Crippen LogP contribution in [0.3, 0.4) is 0 Å². The number of esters is 1. The molecule has 1 aromatic carbocycles. The maximum atomic E-state index is 11.8. The van der Waals surface area contributed by atoms with Gasteiger partial charge in [0.25, 0.3) is 0 Å². The van der Waals surface area contributed by atoms with Crippen molar-refractivity contribution in [3.05, 3.63) is 29.5 Å². The summed E-state index contributed by atoms with van der Waals surface area (Å²) in [6.45, 7) is 2.37. The van der Waals surface area contributed by atoms with E-state index in [0.29, 0.717) is 12.3 Å². The van der Waals surface area contributed by atoms with Gasteiger partial charge in [0.05, 0.1) is 13.7 Å². The molecule has 0 amide bonds. The molecule has 3 N–H and O–H groups in total. The highest BCUT2D eigenvalue weighted by Crippen LogP contribution is 2.26. The van der Waals surface area contributed by atoms with Gasteiger partial charge in [-0.25, -0.2) is 4.79 Å². The number of H-pyrrole nitrogens is 1. The predicted octanol–water partition coefficient (Wildman–Crippen LogP) is 1.81. The molecule has 0 aliphatic rings. The highest BCUT2D eigenvalue weighted by molar-refractivity contribution is 5.98. The fourth-order valence-electron chi connectivity index (χ4n) is 1.94. The predicted molar refractivity (Wildman–Crippen MR) is 68.7 cm³/mol. The van der Waals surface area contributed by atoms with Gasteiger partial charge in [-0.15, -0.1) is 0 Å². The average Bonchev–Trinajstić information content (AvgIpc) is 2.76. The van der Waals surface area contributed by atoms with E-state index in [0.717, 1.165) is 22.2 Å². The summed E-state index contributed by atoms with van der Waals surface area (Å²) in [6.07, 6.45) is 0. The second-order valence-electron chi connectivity index (χ2n) is 3.81. The molecule has 0 radical (unpaired) electrons. The standard InChI is InChI=1S/C13H16N2O3/c1-3-18-13(16)12-10(7-14)9-6-8(17-2)4-5-11(9)15-12/h4-6,15H,3,7,14H2,1-2H3. The smallest absolute Gasteiger partial charge is 0.355 e. The molecule has 5 heteroatoms. The monoisotopic (exact) mass is 248 g/mol. The number of nitrogens with two attached hydrogens (primary N) is 1. The molecule has 96 valence electrons. The van der Waals surface area contributed by atoms with Crippen molar-refractivity contribution in [2.45, 2.75) is 13.5 Å². The van der Waals surface area contributed by atoms with Gasteiger partial charge in [0.1, 0.15) is 11.4 Å². The summed E-state index contributed by atoms with van der Waals surface area (Å²) in [6, 6.07) is 5.54. The van der Waals surface area contributed by atoms with Crippen molar-refractivity contribution in [3.8, 4) is 5.75 Å². The lowest BCUT2D eigenvalue weighted by Crippen LogP contribution is -2.10. The number of ether oxygens (including phenoxy) is 2. The van der Waals surface area contributed by atoms with Crippen molar-refractivity contribution in [2.75, 3.05) is 13.7 Å². The molecular formula is C13H16N2O3. The number of methoxy groups -OCH3 is 1. The number of hydrogen-bond donors (Lipinski definition) is 2. The number of hydrogen-bond acceptors (Lipinski definition) is 4. The molecule has 0 aliphatic carbocycles. The maximum absolute atomic E-state index is 11.8. The normalized spacial score (nSPS) is 10.6. The Balaban J connectivity index is 2.57. The van der Waals surface area contributed by atoms with Crippen LogP contribution in [-0.2, 0) is 11.3 Å². The number of aromatic amines is 1. The number of rotatable bonds is 4. The fraction of sp³-hybridized carbons (Fsp3) is 0.308. The van der Waals surface area contributed by atoms with E-state index in [9.17, 15) is 4.79 Å². The third kappa shape index (κ3) is 2.04. The van der Waals surface area contributed by atoms with Gasteiger partial charge in [0.2, 0.25) is 0 Å². The number of benzene rings is 1. The molecule has 0 aliphatic heterocycles. The van der Waals surface area contributed by atoms with Gasteiger partial charge in [-0.3, -0.25) is 0 Å². The summed E-state index contributed by atoms with van der Waals surface area (Å²) in [5, 5.41) is 0.889. The lowest BCUT2D eigenvalue weighted by atomic mass is 10.1. The van der Waals surface area contributed by atoms with Gasteiger partial charge in [0.15, 0.2) is 0 Å². The molecule has 0 spiro atoms. The lowest BCUT2D eigenvalue weighted by Gasteiger charge is -2.02. The first-order valence-electron chi connectivity index (χ1n) is 5.77. The molecule has 2 rings (SSSR count). The van der Waals surface area contributed by atoms with Crippen molar-refractivity contribution < 1.29 is 14.3 Å². The average molecular weight is 248 g/mol. The van der Waals surface area contributed by atoms with Crippen LogP contribution in [0.1, 0.15) is 23.0 Å². The minimum atomic E-state index is -0.381. The third-order valence-corrected chi connectivity index (χ3v) is 2.80. The van der Waals surface area contributed by atoms with E-state index < -0.39 is 0 Å². The Morgan fingerprint density at radius 3 is 2.83 bits per heavy atom. The van der Waals surface area contributed by atoms with Crippen LogP contribution in [0.15, 0.2) is 18.2 Å². The second-order valence-corrected chi connectivity index (χ2v) is 3.81. The van der Waals surface area contributed by atoms with Crippen LogP contribution in [0, 0.1) is 0 Å². The van der Waals surface area contributed by atoms with Gasteiger partial charge in [-0.05, 0) is 25.1 Å². The maximum Gasteiger partial charge on any atom is 0.355 e. The van der Waals surface area contributed by atoms with Crippen molar-refractivity contribution in [1.29, 1.82) is 0 Å². The van der Waals surface area contributed by atoms with E-state index in [1.807, 2.05) is 18.2 Å². The Hall–Kier alpha value is -2.01. The van der Waals surface area contributed by atoms with Crippen LogP contribution in [-0.4, -0.2) is 24.7 Å². The molecular weight excluding hydrogens is 232 g/mol. The number of carbonyl (C=O) groups excluding carboxylic acids is 1. The largest absolute Gasteiger partial charge is 0.497 e. The van der Waals surface area contributed by atoms with Gasteiger partial charge >= 0.3 is 5.97 Å². The van der Waals surface area contributed by atoms with E-state index in [1.54, 1.807) is 14.0 Å². The molecule has 2 aromatic rings. The first-order chi connectivity index (χ1) is 8.71. The van der Waals surface area contributed by atoms with E-state index in [4.69, 9.17) is 15.2 Å². The van der Waals surface area contributed by atoms with Gasteiger partial charge in [-0.2, -0.15) is 0 Å². The molecule has 0 fully saturated rings. The lowest BCUT2D eigenvalue weighted by molar-refractivity contribution is 0.0519. The van der Waals surface area contributed by atoms with Crippen molar-refractivity contribution in [1.82, 2.24) is 4.98 Å². The first kappa shape index (κ1) is 12.4. The number of nitrogens with one attached hydrogen (secondary N) is 1. The molecule has 0 atom stereocenters. The van der Waals surface area contributed by atoms with Crippen LogP contribution in [0.25, 0.3) is 10.9 Å². The molecule has 18 heavy (non-hydrogen) atoms. The Kier molecular flexibility index (Phi) is 3.53. The number of aromatic nitrogens is 1. The van der Waals surface area contributed by atoms with Gasteiger partial charge in [0, 0.05) is 23.0 Å². The topological polar surface area (TPSA) is 77.3 Å². The minimum Gasteiger partial charge on any atom is -0.497 e. The molecule has 0 unspecified atom stereocenters.